The van der Waals surface area contributed by atoms with E-state index >= 15 is 0 Å². The summed E-state index contributed by atoms with van der Waals surface area (Å²) in [5.41, 5.74) is 0. The third-order valence-electron chi connectivity index (χ3n) is 1.69. The zero-order valence-corrected chi connectivity index (χ0v) is 13.6. The zero-order chi connectivity index (χ0) is 10.7. The predicted octanol–water partition coefficient (Wildman–Crippen LogP) is 3.56. The third-order valence-corrected chi connectivity index (χ3v) is 1.69. The van der Waals surface area contributed by atoms with Gasteiger partial charge in [-0.3, -0.25) is 0 Å². The van der Waals surface area contributed by atoms with Gasteiger partial charge in [0.1, 0.15) is 0 Å². The van der Waals surface area contributed by atoms with Gasteiger partial charge in [-0.15, -0.1) is 0 Å². The molecule has 0 saturated carbocycles. The molecule has 0 unspecified atom stereocenters. The Morgan fingerprint density at radius 2 is 1.50 bits per heavy atom. The van der Waals surface area contributed by atoms with E-state index < -0.39 is 0 Å². The fourth-order valence-corrected chi connectivity index (χ4v) is 1.12. The van der Waals surface area contributed by atoms with Gasteiger partial charge in [-0.1, -0.05) is 13.8 Å². The van der Waals surface area contributed by atoms with Gasteiger partial charge in [0.05, 0.1) is 0 Å². The number of rotatable bonds is 5. The molecule has 0 aromatic rings. The molecule has 0 aromatic carbocycles. The van der Waals surface area contributed by atoms with Crippen molar-refractivity contribution < 1.29 is 19.5 Å². The molecule has 0 fully saturated rings. The van der Waals surface area contributed by atoms with E-state index in [1.54, 1.807) is 0 Å². The second kappa shape index (κ2) is 16.0. The van der Waals surface area contributed by atoms with Crippen molar-refractivity contribution in [1.82, 2.24) is 4.90 Å². The van der Waals surface area contributed by atoms with Crippen LogP contribution in [0.5, 0.6) is 0 Å². The molecule has 82 valence electrons. The standard InChI is InChI=1S/C9H20N.C3H7.Zn/c1-5-7-10(8-6-2)9(3)4;1-3-2;/h9H,1,5-8H2,2-4H3;1,3H2,2H3;/q2*-1;+2. The van der Waals surface area contributed by atoms with Gasteiger partial charge in [0.2, 0.25) is 0 Å². The minimum absolute atomic E-state index is 0. The molecule has 1 nitrogen and oxygen atoms in total. The first-order valence-electron chi connectivity index (χ1n) is 5.46. The second-order valence-electron chi connectivity index (χ2n) is 3.48. The summed E-state index contributed by atoms with van der Waals surface area (Å²) in [5.74, 6) is 0. The van der Waals surface area contributed by atoms with Gasteiger partial charge in [-0.05, 0) is 33.4 Å². The van der Waals surface area contributed by atoms with Crippen LogP contribution in [-0.4, -0.2) is 24.0 Å². The van der Waals surface area contributed by atoms with Crippen molar-refractivity contribution in [2.24, 2.45) is 0 Å². The third kappa shape index (κ3) is 15.1. The van der Waals surface area contributed by atoms with E-state index in [2.05, 4.69) is 39.5 Å². The van der Waals surface area contributed by atoms with E-state index in [1.807, 2.05) is 6.92 Å². The summed E-state index contributed by atoms with van der Waals surface area (Å²) < 4.78 is 0. The molecule has 0 N–H and O–H groups in total. The Balaban J connectivity index is -0.000000267. The maximum absolute atomic E-state index is 3.85. The molecule has 0 amide bonds. The van der Waals surface area contributed by atoms with Crippen LogP contribution in [0.25, 0.3) is 0 Å². The van der Waals surface area contributed by atoms with E-state index in [-0.39, 0.29) is 19.5 Å². The fraction of sp³-hybridized carbons (Fsp3) is 0.833. The maximum atomic E-state index is 3.85. The molecular formula is C12H27NZn. The van der Waals surface area contributed by atoms with Crippen LogP contribution in [-0.2, 0) is 19.5 Å². The first-order valence-corrected chi connectivity index (χ1v) is 5.46. The van der Waals surface area contributed by atoms with Crippen LogP contribution in [0, 0.1) is 13.8 Å². The van der Waals surface area contributed by atoms with Gasteiger partial charge in [0.25, 0.3) is 0 Å². The van der Waals surface area contributed by atoms with Gasteiger partial charge in [-0.25, -0.2) is 0 Å². The van der Waals surface area contributed by atoms with Crippen LogP contribution in [0.1, 0.15) is 47.0 Å². The Kier molecular flexibility index (Phi) is 23.0. The molecule has 0 atom stereocenters. The van der Waals surface area contributed by atoms with Crippen molar-refractivity contribution in [2.75, 3.05) is 13.1 Å². The average molecular weight is 251 g/mol. The monoisotopic (exact) mass is 249 g/mol. The molecule has 0 bridgehead atoms. The molecule has 0 spiro atoms. The Morgan fingerprint density at radius 3 is 1.71 bits per heavy atom. The number of hydrogen-bond donors (Lipinski definition) is 0. The van der Waals surface area contributed by atoms with Crippen LogP contribution >= 0.6 is 0 Å². The van der Waals surface area contributed by atoms with E-state index in [1.165, 1.54) is 13.0 Å². The summed E-state index contributed by atoms with van der Waals surface area (Å²) >= 11 is 0. The van der Waals surface area contributed by atoms with Gasteiger partial charge in [-0.2, -0.15) is 12.8 Å². The quantitative estimate of drug-likeness (QED) is 0.533. The Labute approximate surface area is 104 Å². The minimum atomic E-state index is 0. The summed E-state index contributed by atoms with van der Waals surface area (Å²) in [5, 5.41) is 0. The maximum Gasteiger partial charge on any atom is 2.00 e. The molecule has 0 aromatic heterocycles. The van der Waals surface area contributed by atoms with Gasteiger partial charge in [0, 0.05) is 6.04 Å². The molecule has 0 rings (SSSR count). The van der Waals surface area contributed by atoms with E-state index in [9.17, 15) is 0 Å². The van der Waals surface area contributed by atoms with Crippen molar-refractivity contribution in [3.05, 3.63) is 13.8 Å². The van der Waals surface area contributed by atoms with Crippen LogP contribution in [0.15, 0.2) is 0 Å². The molecule has 0 heterocycles. The van der Waals surface area contributed by atoms with Gasteiger partial charge in [0.15, 0.2) is 0 Å². The van der Waals surface area contributed by atoms with E-state index in [0.717, 1.165) is 19.4 Å². The molecule has 0 radical (unpaired) electrons. The van der Waals surface area contributed by atoms with Crippen LogP contribution in [0.4, 0.5) is 0 Å². The second-order valence-corrected chi connectivity index (χ2v) is 3.48. The first kappa shape index (κ1) is 20.1. The summed E-state index contributed by atoms with van der Waals surface area (Å²) in [6.07, 6.45) is 3.27. The Morgan fingerprint density at radius 1 is 1.07 bits per heavy atom. The van der Waals surface area contributed by atoms with Crippen molar-refractivity contribution >= 4 is 0 Å². The smallest absolute Gasteiger partial charge is 0.344 e. The van der Waals surface area contributed by atoms with Crippen molar-refractivity contribution in [3.8, 4) is 0 Å². The van der Waals surface area contributed by atoms with Gasteiger partial charge >= 0.3 is 19.5 Å². The molecule has 0 saturated heterocycles. The Bertz CT molecular complexity index is 78.4. The van der Waals surface area contributed by atoms with Crippen molar-refractivity contribution in [1.29, 1.82) is 0 Å². The predicted molar refractivity (Wildman–Crippen MR) is 62.6 cm³/mol. The van der Waals surface area contributed by atoms with E-state index in [4.69, 9.17) is 0 Å². The van der Waals surface area contributed by atoms with Crippen LogP contribution in [0.3, 0.4) is 0 Å². The number of nitrogens with zero attached hydrogens (tertiary/aromatic N) is 1. The molecule has 0 aliphatic carbocycles. The topological polar surface area (TPSA) is 3.24 Å². The van der Waals surface area contributed by atoms with Crippen molar-refractivity contribution in [3.63, 3.8) is 0 Å². The largest absolute Gasteiger partial charge is 2.00 e. The summed E-state index contributed by atoms with van der Waals surface area (Å²) in [4.78, 5) is 2.47. The number of hydrogen-bond acceptors (Lipinski definition) is 1. The van der Waals surface area contributed by atoms with Crippen LogP contribution < -0.4 is 0 Å². The Hall–Kier alpha value is 0.583. The molecule has 0 aliphatic rings. The van der Waals surface area contributed by atoms with Crippen molar-refractivity contribution in [2.45, 2.75) is 53.0 Å². The zero-order valence-electron chi connectivity index (χ0n) is 10.7. The summed E-state index contributed by atoms with van der Waals surface area (Å²) in [6.45, 7) is 18.4. The molecule has 14 heavy (non-hydrogen) atoms. The average Bonchev–Trinajstić information content (AvgIpc) is 2.05. The summed E-state index contributed by atoms with van der Waals surface area (Å²) in [7, 11) is 0. The molecular weight excluding hydrogens is 224 g/mol. The van der Waals surface area contributed by atoms with E-state index in [0.29, 0.717) is 6.04 Å². The van der Waals surface area contributed by atoms with Crippen LogP contribution in [0.2, 0.25) is 0 Å². The normalized spacial score (nSPS) is 9.43. The fourth-order valence-electron chi connectivity index (χ4n) is 1.12. The summed E-state index contributed by atoms with van der Waals surface area (Å²) in [6, 6.07) is 0.682. The molecule has 0 aliphatic heterocycles. The van der Waals surface area contributed by atoms with Gasteiger partial charge < -0.3 is 18.7 Å². The first-order chi connectivity index (χ1) is 6.13. The molecule has 2 heteroatoms. The minimum Gasteiger partial charge on any atom is -0.344 e. The SMILES string of the molecule is [CH2-]CC.[CH2-]CCN(CCC)C(C)C.[Zn+2].